The molecule has 3 aromatic carbocycles. The molecule has 6 nitrogen and oxygen atoms in total. The molecule has 158 valence electrons. The lowest BCUT2D eigenvalue weighted by molar-refractivity contribution is 0.0746. The van der Waals surface area contributed by atoms with Gasteiger partial charge in [-0.2, -0.15) is 0 Å². The van der Waals surface area contributed by atoms with Gasteiger partial charge in [0.2, 0.25) is 0 Å². The van der Waals surface area contributed by atoms with E-state index in [0.717, 1.165) is 35.7 Å². The van der Waals surface area contributed by atoms with Gasteiger partial charge in [0, 0.05) is 50.2 Å². The number of carbonyl (C=O) groups is 2. The zero-order chi connectivity index (χ0) is 21.6. The van der Waals surface area contributed by atoms with Gasteiger partial charge in [-0.05, 0) is 42.5 Å². The highest BCUT2D eigenvalue weighted by Gasteiger charge is 2.23. The number of hydrogen-bond acceptors (Lipinski definition) is 4. The third-order valence-electron chi connectivity index (χ3n) is 5.48. The standard InChI is InChI=1S/C25H26N4O2/c1-26-24(30)22-13-12-21(18-23(22)27-20-10-6-3-7-11-20)28-14-16-29(17-15-28)25(31)19-8-4-2-5-9-19/h2-13,18,27H,14-17H2,1H3,(H,26,30). The van der Waals surface area contributed by atoms with Crippen molar-refractivity contribution in [3.63, 3.8) is 0 Å². The number of carbonyl (C=O) groups excluding carboxylic acids is 2. The molecule has 0 bridgehead atoms. The molecule has 1 aliphatic rings. The van der Waals surface area contributed by atoms with Crippen molar-refractivity contribution in [1.82, 2.24) is 10.2 Å². The van der Waals surface area contributed by atoms with Crippen molar-refractivity contribution in [1.29, 1.82) is 0 Å². The van der Waals surface area contributed by atoms with Gasteiger partial charge >= 0.3 is 0 Å². The van der Waals surface area contributed by atoms with E-state index in [0.29, 0.717) is 18.7 Å². The highest BCUT2D eigenvalue weighted by atomic mass is 16.2. The fourth-order valence-electron chi connectivity index (χ4n) is 3.77. The summed E-state index contributed by atoms with van der Waals surface area (Å²) >= 11 is 0. The van der Waals surface area contributed by atoms with E-state index in [1.807, 2.05) is 83.8 Å². The Morgan fingerprint density at radius 2 is 1.45 bits per heavy atom. The topological polar surface area (TPSA) is 64.7 Å². The summed E-state index contributed by atoms with van der Waals surface area (Å²) in [5.41, 5.74) is 4.01. The predicted molar refractivity (Wildman–Crippen MR) is 124 cm³/mol. The molecule has 0 spiro atoms. The zero-order valence-corrected chi connectivity index (χ0v) is 17.5. The van der Waals surface area contributed by atoms with E-state index >= 15 is 0 Å². The molecule has 1 fully saturated rings. The summed E-state index contributed by atoms with van der Waals surface area (Å²) in [6, 6.07) is 25.0. The van der Waals surface area contributed by atoms with Crippen molar-refractivity contribution < 1.29 is 9.59 Å². The minimum atomic E-state index is -0.136. The molecule has 1 saturated heterocycles. The van der Waals surface area contributed by atoms with E-state index in [2.05, 4.69) is 15.5 Å². The Morgan fingerprint density at radius 1 is 0.806 bits per heavy atom. The van der Waals surface area contributed by atoms with Gasteiger partial charge < -0.3 is 20.4 Å². The van der Waals surface area contributed by atoms with E-state index in [9.17, 15) is 9.59 Å². The van der Waals surface area contributed by atoms with Crippen LogP contribution in [-0.2, 0) is 0 Å². The maximum Gasteiger partial charge on any atom is 0.253 e. The quantitative estimate of drug-likeness (QED) is 0.667. The molecule has 0 radical (unpaired) electrons. The van der Waals surface area contributed by atoms with Crippen LogP contribution in [0.5, 0.6) is 0 Å². The van der Waals surface area contributed by atoms with E-state index in [-0.39, 0.29) is 11.8 Å². The number of rotatable bonds is 5. The lowest BCUT2D eigenvalue weighted by atomic mass is 10.1. The van der Waals surface area contributed by atoms with E-state index in [1.165, 1.54) is 0 Å². The van der Waals surface area contributed by atoms with Crippen LogP contribution in [0.2, 0.25) is 0 Å². The monoisotopic (exact) mass is 414 g/mol. The number of benzene rings is 3. The van der Waals surface area contributed by atoms with Gasteiger partial charge in [0.1, 0.15) is 0 Å². The van der Waals surface area contributed by atoms with Crippen LogP contribution in [0, 0.1) is 0 Å². The number of nitrogens with one attached hydrogen (secondary N) is 2. The molecule has 0 unspecified atom stereocenters. The van der Waals surface area contributed by atoms with Crippen LogP contribution in [0.3, 0.4) is 0 Å². The smallest absolute Gasteiger partial charge is 0.253 e. The van der Waals surface area contributed by atoms with Gasteiger partial charge in [0.25, 0.3) is 11.8 Å². The molecular weight excluding hydrogens is 388 g/mol. The van der Waals surface area contributed by atoms with Gasteiger partial charge in [-0.25, -0.2) is 0 Å². The fourth-order valence-corrected chi connectivity index (χ4v) is 3.77. The van der Waals surface area contributed by atoms with Crippen LogP contribution in [0.4, 0.5) is 17.1 Å². The summed E-state index contributed by atoms with van der Waals surface area (Å²) in [6.45, 7) is 2.80. The minimum absolute atomic E-state index is 0.0710. The molecule has 6 heteroatoms. The molecule has 2 N–H and O–H groups in total. The Balaban J connectivity index is 1.50. The highest BCUT2D eigenvalue weighted by Crippen LogP contribution is 2.28. The zero-order valence-electron chi connectivity index (χ0n) is 17.5. The average Bonchev–Trinajstić information content (AvgIpc) is 2.84. The fraction of sp³-hybridized carbons (Fsp3) is 0.200. The molecule has 31 heavy (non-hydrogen) atoms. The van der Waals surface area contributed by atoms with Gasteiger partial charge in [-0.15, -0.1) is 0 Å². The molecule has 1 heterocycles. The highest BCUT2D eigenvalue weighted by molar-refractivity contribution is 6.01. The Morgan fingerprint density at radius 3 is 2.10 bits per heavy atom. The molecule has 0 atom stereocenters. The van der Waals surface area contributed by atoms with Crippen molar-refractivity contribution >= 4 is 28.9 Å². The lowest BCUT2D eigenvalue weighted by Crippen LogP contribution is -2.48. The lowest BCUT2D eigenvalue weighted by Gasteiger charge is -2.36. The normalized spacial score (nSPS) is 13.6. The summed E-state index contributed by atoms with van der Waals surface area (Å²) < 4.78 is 0. The maximum atomic E-state index is 12.7. The van der Waals surface area contributed by atoms with Gasteiger partial charge in [0.05, 0.1) is 11.3 Å². The summed E-state index contributed by atoms with van der Waals surface area (Å²) in [5.74, 6) is -0.0649. The summed E-state index contributed by atoms with van der Waals surface area (Å²) in [5, 5.41) is 6.07. The summed E-state index contributed by atoms with van der Waals surface area (Å²) in [7, 11) is 1.63. The first-order valence-electron chi connectivity index (χ1n) is 10.4. The van der Waals surface area contributed by atoms with E-state index < -0.39 is 0 Å². The molecule has 1 aliphatic heterocycles. The number of anilines is 3. The van der Waals surface area contributed by atoms with Crippen LogP contribution in [0.15, 0.2) is 78.9 Å². The Hall–Kier alpha value is -3.80. The van der Waals surface area contributed by atoms with Crippen molar-refractivity contribution in [2.45, 2.75) is 0 Å². The number of nitrogens with zero attached hydrogens (tertiary/aromatic N) is 2. The maximum absolute atomic E-state index is 12.7. The molecule has 0 aromatic heterocycles. The molecular formula is C25H26N4O2. The van der Waals surface area contributed by atoms with Crippen LogP contribution < -0.4 is 15.5 Å². The Labute approximate surface area is 182 Å². The number of amides is 2. The number of hydrogen-bond donors (Lipinski definition) is 2. The molecule has 2 amide bonds. The van der Waals surface area contributed by atoms with Crippen LogP contribution >= 0.6 is 0 Å². The van der Waals surface area contributed by atoms with E-state index in [1.54, 1.807) is 7.05 Å². The second-order valence-electron chi connectivity index (χ2n) is 7.45. The first-order chi connectivity index (χ1) is 15.2. The van der Waals surface area contributed by atoms with Crippen molar-refractivity contribution in [2.75, 3.05) is 43.4 Å². The van der Waals surface area contributed by atoms with Gasteiger partial charge in [0.15, 0.2) is 0 Å². The third-order valence-corrected chi connectivity index (χ3v) is 5.48. The number of para-hydroxylation sites is 1. The predicted octanol–water partition coefficient (Wildman–Crippen LogP) is 3.75. The molecule has 3 aromatic rings. The van der Waals surface area contributed by atoms with Crippen LogP contribution in [-0.4, -0.2) is 49.9 Å². The first kappa shape index (κ1) is 20.5. The first-order valence-corrected chi connectivity index (χ1v) is 10.4. The van der Waals surface area contributed by atoms with Crippen LogP contribution in [0.1, 0.15) is 20.7 Å². The second kappa shape index (κ2) is 9.34. The van der Waals surface area contributed by atoms with Crippen molar-refractivity contribution in [3.05, 3.63) is 90.0 Å². The van der Waals surface area contributed by atoms with E-state index in [4.69, 9.17) is 0 Å². The largest absolute Gasteiger partial charge is 0.368 e. The van der Waals surface area contributed by atoms with Gasteiger partial charge in [-0.3, -0.25) is 9.59 Å². The van der Waals surface area contributed by atoms with Crippen molar-refractivity contribution in [3.8, 4) is 0 Å². The molecule has 0 aliphatic carbocycles. The minimum Gasteiger partial charge on any atom is -0.368 e. The molecule has 4 rings (SSSR count). The summed E-state index contributed by atoms with van der Waals surface area (Å²) in [4.78, 5) is 29.2. The number of piperazine rings is 1. The molecule has 0 saturated carbocycles. The SMILES string of the molecule is CNC(=O)c1ccc(N2CCN(C(=O)c3ccccc3)CC2)cc1Nc1ccccc1. The summed E-state index contributed by atoms with van der Waals surface area (Å²) in [6.07, 6.45) is 0. The third kappa shape index (κ3) is 4.69. The Bertz CT molecular complexity index is 1050. The van der Waals surface area contributed by atoms with Crippen LogP contribution in [0.25, 0.3) is 0 Å². The Kier molecular flexibility index (Phi) is 6.17. The average molecular weight is 415 g/mol. The van der Waals surface area contributed by atoms with Crippen molar-refractivity contribution in [2.24, 2.45) is 0 Å². The van der Waals surface area contributed by atoms with Gasteiger partial charge in [-0.1, -0.05) is 36.4 Å². The second-order valence-corrected chi connectivity index (χ2v) is 7.45.